The molecule has 0 aliphatic carbocycles. The predicted molar refractivity (Wildman–Crippen MR) is 93.7 cm³/mol. The van der Waals surface area contributed by atoms with Crippen LogP contribution >= 0.6 is 11.6 Å². The van der Waals surface area contributed by atoms with Crippen molar-refractivity contribution in [1.82, 2.24) is 5.06 Å². The van der Waals surface area contributed by atoms with Crippen molar-refractivity contribution in [3.05, 3.63) is 69.7 Å². The highest BCUT2D eigenvalue weighted by Gasteiger charge is 2.39. The molecule has 1 aliphatic rings. The molecule has 2 aromatic rings. The number of amides is 2. The van der Waals surface area contributed by atoms with Gasteiger partial charge in [0.15, 0.2) is 6.10 Å². The third kappa shape index (κ3) is 3.34. The Morgan fingerprint density at radius 3 is 2.27 bits per heavy atom. The highest BCUT2D eigenvalue weighted by Crippen LogP contribution is 2.25. The Balaban J connectivity index is 1.85. The maximum Gasteiger partial charge on any atom is 0.338 e. The van der Waals surface area contributed by atoms with Crippen molar-refractivity contribution in [3.8, 4) is 0 Å². The molecule has 134 valence electrons. The van der Waals surface area contributed by atoms with Gasteiger partial charge in [0.2, 0.25) is 0 Å². The van der Waals surface area contributed by atoms with E-state index in [2.05, 4.69) is 0 Å². The van der Waals surface area contributed by atoms with E-state index in [1.54, 1.807) is 30.3 Å². The number of ether oxygens (including phenoxy) is 1. The summed E-state index contributed by atoms with van der Waals surface area (Å²) in [5.41, 5.74) is 2.13. The summed E-state index contributed by atoms with van der Waals surface area (Å²) in [5.74, 6) is -1.89. The van der Waals surface area contributed by atoms with Gasteiger partial charge in [-0.3, -0.25) is 9.59 Å². The lowest BCUT2D eigenvalue weighted by molar-refractivity contribution is -0.177. The second kappa shape index (κ2) is 7.27. The van der Waals surface area contributed by atoms with Gasteiger partial charge in [0.05, 0.1) is 18.2 Å². The minimum Gasteiger partial charge on any atom is -0.467 e. The lowest BCUT2D eigenvalue weighted by Gasteiger charge is -2.21. The van der Waals surface area contributed by atoms with Crippen LogP contribution < -0.4 is 0 Å². The second-order valence-corrected chi connectivity index (χ2v) is 6.28. The fourth-order valence-electron chi connectivity index (χ4n) is 2.77. The maximum atomic E-state index is 12.4. The van der Waals surface area contributed by atoms with Crippen LogP contribution in [-0.2, 0) is 20.8 Å². The van der Waals surface area contributed by atoms with E-state index in [0.717, 1.165) is 11.1 Å². The summed E-state index contributed by atoms with van der Waals surface area (Å²) in [7, 11) is 1.22. The van der Waals surface area contributed by atoms with Gasteiger partial charge in [-0.2, -0.15) is 0 Å². The van der Waals surface area contributed by atoms with Crippen LogP contribution in [0.5, 0.6) is 0 Å². The molecule has 7 heteroatoms. The smallest absolute Gasteiger partial charge is 0.338 e. The fraction of sp³-hybridized carbons (Fsp3) is 0.211. The normalized spacial score (nSPS) is 14.3. The Bertz CT molecular complexity index is 860. The standard InChI is InChI=1S/C19H16ClNO5/c1-11-9-13(20)8-7-12(11)10-16(19(24)25-2)26-21-17(22)14-5-3-4-6-15(14)18(21)23/h3-9,16H,10H2,1-2H3. The van der Waals surface area contributed by atoms with Gasteiger partial charge in [-0.15, -0.1) is 5.06 Å². The molecule has 1 atom stereocenters. The molecular weight excluding hydrogens is 358 g/mol. The van der Waals surface area contributed by atoms with Gasteiger partial charge in [-0.05, 0) is 42.3 Å². The molecule has 1 unspecified atom stereocenters. The van der Waals surface area contributed by atoms with Crippen LogP contribution in [0, 0.1) is 6.92 Å². The maximum absolute atomic E-state index is 12.4. The number of hydrogen-bond acceptors (Lipinski definition) is 5. The summed E-state index contributed by atoms with van der Waals surface area (Å²) in [5, 5.41) is 1.19. The molecule has 0 fully saturated rings. The van der Waals surface area contributed by atoms with Gasteiger partial charge >= 0.3 is 5.97 Å². The number of halogens is 1. The lowest BCUT2D eigenvalue weighted by atomic mass is 10.0. The molecule has 2 amide bonds. The van der Waals surface area contributed by atoms with Crippen molar-refractivity contribution < 1.29 is 24.0 Å². The van der Waals surface area contributed by atoms with E-state index < -0.39 is 23.9 Å². The van der Waals surface area contributed by atoms with Crippen LogP contribution in [0.1, 0.15) is 31.8 Å². The summed E-state index contributed by atoms with van der Waals surface area (Å²) in [6.07, 6.45) is -1.02. The van der Waals surface area contributed by atoms with Crippen LogP contribution in [0.15, 0.2) is 42.5 Å². The van der Waals surface area contributed by atoms with E-state index in [1.165, 1.54) is 19.2 Å². The van der Waals surface area contributed by atoms with Gasteiger partial charge in [0.1, 0.15) is 0 Å². The molecule has 0 saturated heterocycles. The minimum absolute atomic E-state index is 0.128. The molecular formula is C19H16ClNO5. The highest BCUT2D eigenvalue weighted by atomic mass is 35.5. The first-order valence-electron chi connectivity index (χ1n) is 7.90. The number of nitrogens with zero attached hydrogens (tertiary/aromatic N) is 1. The zero-order valence-corrected chi connectivity index (χ0v) is 14.9. The van der Waals surface area contributed by atoms with E-state index in [0.29, 0.717) is 10.1 Å². The van der Waals surface area contributed by atoms with Crippen molar-refractivity contribution in [1.29, 1.82) is 0 Å². The fourth-order valence-corrected chi connectivity index (χ4v) is 3.00. The zero-order valence-electron chi connectivity index (χ0n) is 14.2. The van der Waals surface area contributed by atoms with Gasteiger partial charge in [0, 0.05) is 11.4 Å². The van der Waals surface area contributed by atoms with Crippen molar-refractivity contribution in [2.45, 2.75) is 19.4 Å². The topological polar surface area (TPSA) is 72.9 Å². The molecule has 2 aromatic carbocycles. The number of benzene rings is 2. The number of esters is 1. The summed E-state index contributed by atoms with van der Waals surface area (Å²) < 4.78 is 4.77. The van der Waals surface area contributed by atoms with E-state index in [9.17, 15) is 14.4 Å². The first-order valence-corrected chi connectivity index (χ1v) is 8.27. The third-order valence-electron chi connectivity index (χ3n) is 4.16. The molecule has 3 rings (SSSR count). The van der Waals surface area contributed by atoms with Crippen molar-refractivity contribution >= 4 is 29.4 Å². The van der Waals surface area contributed by atoms with Crippen molar-refractivity contribution in [2.75, 3.05) is 7.11 Å². The Hall–Kier alpha value is -2.70. The largest absolute Gasteiger partial charge is 0.467 e. The van der Waals surface area contributed by atoms with Crippen molar-refractivity contribution in [2.24, 2.45) is 0 Å². The Morgan fingerprint density at radius 1 is 1.12 bits per heavy atom. The Labute approximate surface area is 155 Å². The quantitative estimate of drug-likeness (QED) is 0.595. The summed E-state index contributed by atoms with van der Waals surface area (Å²) in [4.78, 5) is 42.5. The van der Waals surface area contributed by atoms with Gasteiger partial charge in [-0.25, -0.2) is 9.63 Å². The number of carbonyl (C=O) groups is 3. The Morgan fingerprint density at radius 2 is 1.73 bits per heavy atom. The van der Waals surface area contributed by atoms with Crippen LogP contribution in [0.3, 0.4) is 0 Å². The van der Waals surface area contributed by atoms with E-state index in [-0.39, 0.29) is 17.5 Å². The molecule has 26 heavy (non-hydrogen) atoms. The number of carbonyl (C=O) groups excluding carboxylic acids is 3. The number of fused-ring (bicyclic) bond motifs is 1. The molecule has 1 heterocycles. The molecule has 0 bridgehead atoms. The first-order chi connectivity index (χ1) is 12.4. The lowest BCUT2D eigenvalue weighted by Crippen LogP contribution is -2.39. The second-order valence-electron chi connectivity index (χ2n) is 5.84. The number of aryl methyl sites for hydroxylation is 1. The summed E-state index contributed by atoms with van der Waals surface area (Å²) in [6.45, 7) is 1.84. The average molecular weight is 374 g/mol. The van der Waals surface area contributed by atoms with Gasteiger partial charge < -0.3 is 4.74 Å². The van der Waals surface area contributed by atoms with Crippen LogP contribution in [0.2, 0.25) is 5.02 Å². The zero-order chi connectivity index (χ0) is 18.8. The summed E-state index contributed by atoms with van der Waals surface area (Å²) >= 11 is 5.95. The monoisotopic (exact) mass is 373 g/mol. The number of imide groups is 1. The summed E-state index contributed by atoms with van der Waals surface area (Å²) in [6, 6.07) is 11.6. The predicted octanol–water partition coefficient (Wildman–Crippen LogP) is 2.96. The highest BCUT2D eigenvalue weighted by molar-refractivity contribution is 6.30. The molecule has 0 radical (unpaired) electrons. The molecule has 0 N–H and O–H groups in total. The van der Waals surface area contributed by atoms with Gasteiger partial charge in [-0.1, -0.05) is 29.8 Å². The van der Waals surface area contributed by atoms with Gasteiger partial charge in [0.25, 0.3) is 11.8 Å². The van der Waals surface area contributed by atoms with Crippen molar-refractivity contribution in [3.63, 3.8) is 0 Å². The molecule has 0 saturated carbocycles. The molecule has 0 aromatic heterocycles. The number of rotatable bonds is 5. The molecule has 0 spiro atoms. The number of methoxy groups -OCH3 is 1. The molecule has 6 nitrogen and oxygen atoms in total. The van der Waals surface area contributed by atoms with Crippen LogP contribution in [0.25, 0.3) is 0 Å². The van der Waals surface area contributed by atoms with E-state index >= 15 is 0 Å². The third-order valence-corrected chi connectivity index (χ3v) is 4.40. The van der Waals surface area contributed by atoms with Crippen LogP contribution in [-0.4, -0.2) is 36.1 Å². The first kappa shape index (κ1) is 18.1. The number of hydroxylamine groups is 2. The van der Waals surface area contributed by atoms with Crippen LogP contribution in [0.4, 0.5) is 0 Å². The Kier molecular flexibility index (Phi) is 5.06. The number of hydrogen-bond donors (Lipinski definition) is 0. The molecule has 1 aliphatic heterocycles. The van der Waals surface area contributed by atoms with E-state index in [4.69, 9.17) is 21.2 Å². The SMILES string of the molecule is COC(=O)C(Cc1ccc(Cl)cc1C)ON1C(=O)c2ccccc2C1=O. The van der Waals surface area contributed by atoms with E-state index in [1.807, 2.05) is 6.92 Å². The average Bonchev–Trinajstić information content (AvgIpc) is 2.87. The minimum atomic E-state index is -1.15.